The molecule has 4 rings (SSSR count). The van der Waals surface area contributed by atoms with Crippen molar-refractivity contribution in [1.82, 2.24) is 14.8 Å². The van der Waals surface area contributed by atoms with Gasteiger partial charge in [-0.15, -0.1) is 0 Å². The zero-order valence-electron chi connectivity index (χ0n) is 20.4. The van der Waals surface area contributed by atoms with Crippen LogP contribution in [0.5, 0.6) is 11.5 Å². The van der Waals surface area contributed by atoms with Crippen molar-refractivity contribution >= 4 is 35.1 Å². The molecule has 0 amide bonds. The van der Waals surface area contributed by atoms with Crippen LogP contribution in [0.3, 0.4) is 0 Å². The molecule has 3 aromatic rings. The summed E-state index contributed by atoms with van der Waals surface area (Å²) < 4.78 is 19.1. The van der Waals surface area contributed by atoms with E-state index in [4.69, 9.17) is 37.4 Å². The van der Waals surface area contributed by atoms with E-state index in [1.54, 1.807) is 23.7 Å². The zero-order chi connectivity index (χ0) is 25.7. The SMILES string of the molecule is CCCC1=C(C(=O)OCC)[C@@H](c2ccc(OCc3ccc(Cl)c(Cl)c3)c(OCC)c2)n2ncnc2N1. The molecule has 0 unspecified atom stereocenters. The predicted molar refractivity (Wildman–Crippen MR) is 139 cm³/mol. The summed E-state index contributed by atoms with van der Waals surface area (Å²) in [6.45, 7) is 6.74. The summed E-state index contributed by atoms with van der Waals surface area (Å²) in [5, 5.41) is 8.61. The summed E-state index contributed by atoms with van der Waals surface area (Å²) >= 11 is 12.2. The molecule has 0 radical (unpaired) electrons. The number of esters is 1. The summed E-state index contributed by atoms with van der Waals surface area (Å²) in [4.78, 5) is 17.5. The van der Waals surface area contributed by atoms with Crippen LogP contribution in [0.4, 0.5) is 5.95 Å². The second kappa shape index (κ2) is 11.7. The number of nitrogens with zero attached hydrogens (tertiary/aromatic N) is 3. The largest absolute Gasteiger partial charge is 0.490 e. The third kappa shape index (κ3) is 5.44. The molecule has 1 atom stereocenters. The maximum absolute atomic E-state index is 13.1. The van der Waals surface area contributed by atoms with Crippen molar-refractivity contribution in [2.24, 2.45) is 0 Å². The highest BCUT2D eigenvalue weighted by Gasteiger charge is 2.35. The lowest BCUT2D eigenvalue weighted by Crippen LogP contribution is -2.30. The number of carbonyl (C=O) groups excluding carboxylic acids is 1. The first kappa shape index (κ1) is 25.9. The number of hydrogen-bond acceptors (Lipinski definition) is 7. The van der Waals surface area contributed by atoms with Gasteiger partial charge in [0.15, 0.2) is 11.5 Å². The Morgan fingerprint density at radius 3 is 2.58 bits per heavy atom. The summed E-state index contributed by atoms with van der Waals surface area (Å²) in [6, 6.07) is 10.4. The lowest BCUT2D eigenvalue weighted by atomic mass is 9.93. The number of allylic oxidation sites excluding steroid dienone is 1. The van der Waals surface area contributed by atoms with Gasteiger partial charge in [0, 0.05) is 5.70 Å². The van der Waals surface area contributed by atoms with Gasteiger partial charge in [-0.05, 0) is 55.7 Å². The molecular formula is C26H28Cl2N4O4. The van der Waals surface area contributed by atoms with Crippen LogP contribution >= 0.6 is 23.2 Å². The second-order valence-electron chi connectivity index (χ2n) is 8.09. The van der Waals surface area contributed by atoms with E-state index in [0.29, 0.717) is 46.1 Å². The first-order valence-electron chi connectivity index (χ1n) is 11.9. The minimum absolute atomic E-state index is 0.268. The van der Waals surface area contributed by atoms with Gasteiger partial charge < -0.3 is 19.5 Å². The highest BCUT2D eigenvalue weighted by atomic mass is 35.5. The Morgan fingerprint density at radius 1 is 1.03 bits per heavy atom. The number of nitrogens with one attached hydrogen (secondary N) is 1. The standard InChI is InChI=1S/C26H28Cl2N4O4/c1-4-7-20-23(25(33)35-6-3)24(32-26(31-20)29-15-30-32)17-9-11-21(22(13-17)34-5-2)36-14-16-8-10-18(27)19(28)12-16/h8-13,15,24H,4-7,14H2,1-3H3,(H,29,30,31)/t24-/m1/s1. The highest BCUT2D eigenvalue weighted by Crippen LogP contribution is 2.40. The Hall–Kier alpha value is -3.23. The summed E-state index contributed by atoms with van der Waals surface area (Å²) in [5.74, 6) is 1.29. The zero-order valence-corrected chi connectivity index (χ0v) is 21.9. The van der Waals surface area contributed by atoms with Gasteiger partial charge in [0.25, 0.3) is 0 Å². The topological polar surface area (TPSA) is 87.5 Å². The molecular weight excluding hydrogens is 503 g/mol. The van der Waals surface area contributed by atoms with Gasteiger partial charge in [-0.2, -0.15) is 10.1 Å². The Labute approximate surface area is 220 Å². The van der Waals surface area contributed by atoms with Gasteiger partial charge in [0.1, 0.15) is 19.0 Å². The Kier molecular flexibility index (Phi) is 8.38. The fraction of sp³-hybridized carbons (Fsp3) is 0.346. The monoisotopic (exact) mass is 530 g/mol. The van der Waals surface area contributed by atoms with Crippen molar-refractivity contribution in [3.63, 3.8) is 0 Å². The number of ether oxygens (including phenoxy) is 3. The molecule has 0 saturated carbocycles. The normalized spacial score (nSPS) is 14.8. The molecule has 36 heavy (non-hydrogen) atoms. The number of hydrogen-bond donors (Lipinski definition) is 1. The van der Waals surface area contributed by atoms with Crippen molar-refractivity contribution in [3.8, 4) is 11.5 Å². The van der Waals surface area contributed by atoms with Crippen LogP contribution in [0.2, 0.25) is 10.0 Å². The van der Waals surface area contributed by atoms with Crippen LogP contribution in [-0.2, 0) is 16.1 Å². The molecule has 10 heteroatoms. The number of benzene rings is 2. The molecule has 1 aliphatic heterocycles. The number of aromatic nitrogens is 3. The lowest BCUT2D eigenvalue weighted by molar-refractivity contribution is -0.139. The molecule has 2 heterocycles. The van der Waals surface area contributed by atoms with Crippen molar-refractivity contribution in [2.45, 2.75) is 46.3 Å². The fourth-order valence-corrected chi connectivity index (χ4v) is 4.41. The van der Waals surface area contributed by atoms with E-state index in [9.17, 15) is 4.79 Å². The molecule has 1 aromatic heterocycles. The van der Waals surface area contributed by atoms with Crippen molar-refractivity contribution in [1.29, 1.82) is 0 Å². The number of anilines is 1. The quantitative estimate of drug-likeness (QED) is 0.312. The van der Waals surface area contributed by atoms with Crippen molar-refractivity contribution in [3.05, 3.63) is 75.2 Å². The first-order chi connectivity index (χ1) is 17.5. The van der Waals surface area contributed by atoms with Gasteiger partial charge >= 0.3 is 5.97 Å². The van der Waals surface area contributed by atoms with E-state index in [1.165, 1.54) is 6.33 Å². The molecule has 0 bridgehead atoms. The number of fused-ring (bicyclic) bond motifs is 1. The summed E-state index contributed by atoms with van der Waals surface area (Å²) in [5.41, 5.74) is 2.95. The molecule has 8 nitrogen and oxygen atoms in total. The maximum Gasteiger partial charge on any atom is 0.338 e. The van der Waals surface area contributed by atoms with Gasteiger partial charge in [0.2, 0.25) is 5.95 Å². The molecule has 2 aromatic carbocycles. The third-order valence-electron chi connectivity index (χ3n) is 5.64. The van der Waals surface area contributed by atoms with Crippen LogP contribution in [0, 0.1) is 0 Å². The molecule has 0 fully saturated rings. The molecule has 0 aliphatic carbocycles. The molecule has 1 N–H and O–H groups in total. The summed E-state index contributed by atoms with van der Waals surface area (Å²) in [6.07, 6.45) is 2.98. The second-order valence-corrected chi connectivity index (χ2v) is 8.91. The molecule has 190 valence electrons. The van der Waals surface area contributed by atoms with E-state index >= 15 is 0 Å². The van der Waals surface area contributed by atoms with Gasteiger partial charge in [-0.3, -0.25) is 0 Å². The van der Waals surface area contributed by atoms with E-state index in [0.717, 1.165) is 23.2 Å². The Bertz CT molecular complexity index is 1270. The Balaban J connectivity index is 1.72. The van der Waals surface area contributed by atoms with Gasteiger partial charge in [-0.25, -0.2) is 9.48 Å². The smallest absolute Gasteiger partial charge is 0.338 e. The number of halogens is 2. The average molecular weight is 531 g/mol. The minimum Gasteiger partial charge on any atom is -0.490 e. The number of carbonyl (C=O) groups is 1. The third-order valence-corrected chi connectivity index (χ3v) is 6.37. The van der Waals surface area contributed by atoms with E-state index in [-0.39, 0.29) is 13.2 Å². The minimum atomic E-state index is -0.535. The number of rotatable bonds is 10. The molecule has 0 saturated heterocycles. The first-order valence-corrected chi connectivity index (χ1v) is 12.6. The maximum atomic E-state index is 13.1. The lowest BCUT2D eigenvalue weighted by Gasteiger charge is -2.29. The van der Waals surface area contributed by atoms with Crippen molar-refractivity contribution in [2.75, 3.05) is 18.5 Å². The van der Waals surface area contributed by atoms with Gasteiger partial charge in [-0.1, -0.05) is 48.7 Å². The van der Waals surface area contributed by atoms with Crippen LogP contribution < -0.4 is 14.8 Å². The van der Waals surface area contributed by atoms with E-state index < -0.39 is 12.0 Å². The van der Waals surface area contributed by atoms with Crippen LogP contribution in [0.25, 0.3) is 0 Å². The van der Waals surface area contributed by atoms with Crippen LogP contribution in [0.1, 0.15) is 50.8 Å². The van der Waals surface area contributed by atoms with E-state index in [2.05, 4.69) is 22.3 Å². The van der Waals surface area contributed by atoms with Crippen LogP contribution in [0.15, 0.2) is 54.0 Å². The molecule has 0 spiro atoms. The highest BCUT2D eigenvalue weighted by molar-refractivity contribution is 6.42. The average Bonchev–Trinajstić information content (AvgIpc) is 3.33. The van der Waals surface area contributed by atoms with Crippen LogP contribution in [-0.4, -0.2) is 33.9 Å². The van der Waals surface area contributed by atoms with Gasteiger partial charge in [0.05, 0.1) is 28.8 Å². The fourth-order valence-electron chi connectivity index (χ4n) is 4.09. The van der Waals surface area contributed by atoms with Crippen molar-refractivity contribution < 1.29 is 19.0 Å². The van der Waals surface area contributed by atoms with E-state index in [1.807, 2.05) is 31.2 Å². The predicted octanol–water partition coefficient (Wildman–Crippen LogP) is 6.19. The Morgan fingerprint density at radius 2 is 1.86 bits per heavy atom. The molecule has 1 aliphatic rings. The summed E-state index contributed by atoms with van der Waals surface area (Å²) in [7, 11) is 0.